The molecule has 2 unspecified atom stereocenters. The highest BCUT2D eigenvalue weighted by atomic mass is 35.7. The fourth-order valence-corrected chi connectivity index (χ4v) is 4.08. The van der Waals surface area contributed by atoms with Gasteiger partial charge in [-0.15, -0.1) is 11.6 Å². The highest BCUT2D eigenvalue weighted by molar-refractivity contribution is 8.13. The summed E-state index contributed by atoms with van der Waals surface area (Å²) < 4.78 is 28.9. The number of alkyl halides is 1. The first kappa shape index (κ1) is 17.1. The summed E-state index contributed by atoms with van der Waals surface area (Å²) >= 11 is 6.39. The molecule has 0 fully saturated rings. The van der Waals surface area contributed by atoms with E-state index in [1.54, 1.807) is 43.5 Å². The van der Waals surface area contributed by atoms with E-state index in [0.717, 1.165) is 11.3 Å². The van der Waals surface area contributed by atoms with E-state index in [1.807, 2.05) is 18.2 Å². The van der Waals surface area contributed by atoms with E-state index in [1.165, 1.54) is 0 Å². The standard InChI is InChI=1S/C16H16Cl2O3S/c1-21-14-9-7-12(8-10-14)15(17)11-16(22(18,19)20)13-5-3-2-4-6-13/h2-10,15-16H,11H2,1H3. The molecule has 2 rings (SSSR count). The number of hydrogen-bond acceptors (Lipinski definition) is 3. The molecular formula is C16H16Cl2O3S. The van der Waals surface area contributed by atoms with Gasteiger partial charge in [-0.3, -0.25) is 0 Å². The average Bonchev–Trinajstić information content (AvgIpc) is 2.52. The van der Waals surface area contributed by atoms with Gasteiger partial charge in [-0.25, -0.2) is 8.42 Å². The van der Waals surface area contributed by atoms with Gasteiger partial charge in [0.1, 0.15) is 11.0 Å². The largest absolute Gasteiger partial charge is 0.497 e. The molecule has 0 aliphatic rings. The van der Waals surface area contributed by atoms with Crippen molar-refractivity contribution in [1.29, 1.82) is 0 Å². The summed E-state index contributed by atoms with van der Waals surface area (Å²) in [7, 11) is 3.42. The zero-order chi connectivity index (χ0) is 16.2. The average molecular weight is 359 g/mol. The number of ether oxygens (including phenoxy) is 1. The minimum absolute atomic E-state index is 0.198. The van der Waals surface area contributed by atoms with Crippen LogP contribution in [0.1, 0.15) is 28.2 Å². The molecule has 6 heteroatoms. The third kappa shape index (κ3) is 4.38. The molecular weight excluding hydrogens is 343 g/mol. The van der Waals surface area contributed by atoms with E-state index in [-0.39, 0.29) is 6.42 Å². The molecule has 0 aromatic heterocycles. The maximum Gasteiger partial charge on any atom is 0.239 e. The summed E-state index contributed by atoms with van der Waals surface area (Å²) in [6, 6.07) is 16.1. The van der Waals surface area contributed by atoms with Crippen LogP contribution in [0.4, 0.5) is 0 Å². The lowest BCUT2D eigenvalue weighted by atomic mass is 10.0. The van der Waals surface area contributed by atoms with Crippen LogP contribution in [-0.4, -0.2) is 15.5 Å². The molecule has 0 spiro atoms. The minimum atomic E-state index is -3.77. The maximum absolute atomic E-state index is 11.9. The van der Waals surface area contributed by atoms with Crippen molar-refractivity contribution in [3.63, 3.8) is 0 Å². The number of halogens is 2. The van der Waals surface area contributed by atoms with Crippen LogP contribution in [0.25, 0.3) is 0 Å². The van der Waals surface area contributed by atoms with E-state index in [4.69, 9.17) is 27.0 Å². The number of rotatable bonds is 6. The second-order valence-corrected chi connectivity index (χ2v) is 8.19. The summed E-state index contributed by atoms with van der Waals surface area (Å²) in [4.78, 5) is 0. The molecule has 22 heavy (non-hydrogen) atoms. The van der Waals surface area contributed by atoms with E-state index < -0.39 is 19.7 Å². The normalized spacial score (nSPS) is 14.3. The zero-order valence-electron chi connectivity index (χ0n) is 11.9. The quantitative estimate of drug-likeness (QED) is 0.556. The van der Waals surface area contributed by atoms with E-state index in [9.17, 15) is 8.42 Å². The molecule has 0 N–H and O–H groups in total. The monoisotopic (exact) mass is 358 g/mol. The highest BCUT2D eigenvalue weighted by Gasteiger charge is 2.28. The Labute approximate surface area is 140 Å². The van der Waals surface area contributed by atoms with Gasteiger partial charge in [0.2, 0.25) is 9.05 Å². The van der Waals surface area contributed by atoms with Gasteiger partial charge in [-0.2, -0.15) is 0 Å². The van der Waals surface area contributed by atoms with Gasteiger partial charge in [0, 0.05) is 10.7 Å². The Hall–Kier alpha value is -1.23. The third-order valence-corrected chi connectivity index (χ3v) is 5.63. The topological polar surface area (TPSA) is 43.4 Å². The molecule has 0 aliphatic carbocycles. The summed E-state index contributed by atoms with van der Waals surface area (Å²) in [6.45, 7) is 0. The SMILES string of the molecule is COc1ccc(C(Cl)CC(c2ccccc2)S(=O)(=O)Cl)cc1. The maximum atomic E-state index is 11.9. The van der Waals surface area contributed by atoms with Crippen molar-refractivity contribution in [1.82, 2.24) is 0 Å². The predicted molar refractivity (Wildman–Crippen MR) is 90.2 cm³/mol. The molecule has 0 saturated heterocycles. The fourth-order valence-electron chi connectivity index (χ4n) is 2.22. The fraction of sp³-hybridized carbons (Fsp3) is 0.250. The van der Waals surface area contributed by atoms with Crippen LogP contribution in [-0.2, 0) is 9.05 Å². The lowest BCUT2D eigenvalue weighted by Gasteiger charge is -2.18. The summed E-state index contributed by atoms with van der Waals surface area (Å²) in [5.41, 5.74) is 1.46. The predicted octanol–water partition coefficient (Wildman–Crippen LogP) is 4.68. The van der Waals surface area contributed by atoms with E-state index in [0.29, 0.717) is 5.56 Å². The van der Waals surface area contributed by atoms with Crippen LogP contribution in [0.15, 0.2) is 54.6 Å². The van der Waals surface area contributed by atoms with Crippen molar-refractivity contribution < 1.29 is 13.2 Å². The number of methoxy groups -OCH3 is 1. The van der Waals surface area contributed by atoms with Gasteiger partial charge in [0.25, 0.3) is 0 Å². The van der Waals surface area contributed by atoms with Gasteiger partial charge < -0.3 is 4.74 Å². The van der Waals surface area contributed by atoms with Crippen molar-refractivity contribution in [2.24, 2.45) is 0 Å². The first-order valence-electron chi connectivity index (χ1n) is 6.68. The number of hydrogen-bond donors (Lipinski definition) is 0. The van der Waals surface area contributed by atoms with Crippen molar-refractivity contribution in [2.75, 3.05) is 7.11 Å². The first-order chi connectivity index (χ1) is 10.4. The summed E-state index contributed by atoms with van der Waals surface area (Å²) in [6.07, 6.45) is 0.198. The Morgan fingerprint density at radius 1 is 1.00 bits per heavy atom. The van der Waals surface area contributed by atoms with Crippen molar-refractivity contribution >= 4 is 31.3 Å². The Morgan fingerprint density at radius 3 is 2.09 bits per heavy atom. The van der Waals surface area contributed by atoms with Crippen molar-refractivity contribution in [3.05, 3.63) is 65.7 Å². The van der Waals surface area contributed by atoms with Gasteiger partial charge in [-0.1, -0.05) is 42.5 Å². The molecule has 0 aliphatic heterocycles. The Bertz CT molecular complexity index is 700. The molecule has 2 aromatic rings. The molecule has 3 nitrogen and oxygen atoms in total. The second-order valence-electron chi connectivity index (χ2n) is 4.85. The van der Waals surface area contributed by atoms with Gasteiger partial charge >= 0.3 is 0 Å². The molecule has 2 atom stereocenters. The zero-order valence-corrected chi connectivity index (χ0v) is 14.3. The van der Waals surface area contributed by atoms with Gasteiger partial charge in [0.05, 0.1) is 12.5 Å². The van der Waals surface area contributed by atoms with Crippen LogP contribution >= 0.6 is 22.3 Å². The Balaban J connectivity index is 2.23. The molecule has 0 radical (unpaired) electrons. The number of benzene rings is 2. The van der Waals surface area contributed by atoms with E-state index in [2.05, 4.69) is 0 Å². The van der Waals surface area contributed by atoms with Crippen LogP contribution < -0.4 is 4.74 Å². The summed E-state index contributed by atoms with van der Waals surface area (Å²) in [5, 5.41) is -1.32. The minimum Gasteiger partial charge on any atom is -0.497 e. The van der Waals surface area contributed by atoms with Gasteiger partial charge in [0.15, 0.2) is 0 Å². The van der Waals surface area contributed by atoms with Crippen LogP contribution in [0.2, 0.25) is 0 Å². The first-order valence-corrected chi connectivity index (χ1v) is 9.49. The van der Waals surface area contributed by atoms with Crippen molar-refractivity contribution in [2.45, 2.75) is 17.0 Å². The molecule has 118 valence electrons. The van der Waals surface area contributed by atoms with Crippen LogP contribution in [0.5, 0.6) is 5.75 Å². The lowest BCUT2D eigenvalue weighted by Crippen LogP contribution is -2.10. The molecule has 0 bridgehead atoms. The lowest BCUT2D eigenvalue weighted by molar-refractivity contribution is 0.414. The van der Waals surface area contributed by atoms with Crippen LogP contribution in [0, 0.1) is 0 Å². The van der Waals surface area contributed by atoms with Gasteiger partial charge in [-0.05, 0) is 29.7 Å². The van der Waals surface area contributed by atoms with E-state index >= 15 is 0 Å². The smallest absolute Gasteiger partial charge is 0.239 e. The van der Waals surface area contributed by atoms with Crippen LogP contribution in [0.3, 0.4) is 0 Å². The Kier molecular flexibility index (Phi) is 5.73. The molecule has 2 aromatic carbocycles. The summed E-state index contributed by atoms with van der Waals surface area (Å²) in [5.74, 6) is 0.720. The third-order valence-electron chi connectivity index (χ3n) is 3.41. The second kappa shape index (κ2) is 7.36. The molecule has 0 saturated carbocycles. The molecule has 0 amide bonds. The molecule has 0 heterocycles. The van der Waals surface area contributed by atoms with Crippen molar-refractivity contribution in [3.8, 4) is 5.75 Å². The Morgan fingerprint density at radius 2 is 1.59 bits per heavy atom. The highest BCUT2D eigenvalue weighted by Crippen LogP contribution is 2.38.